The van der Waals surface area contributed by atoms with Gasteiger partial charge in [-0.2, -0.15) is 0 Å². The van der Waals surface area contributed by atoms with Gasteiger partial charge in [-0.05, 0) is 42.0 Å². The lowest BCUT2D eigenvalue weighted by atomic mass is 10.1. The average molecular weight is 334 g/mol. The first kappa shape index (κ1) is 16.7. The fraction of sp³-hybridized carbons (Fsp3) is 0.100. The minimum Gasteiger partial charge on any atom is -0.478 e. The quantitative estimate of drug-likeness (QED) is 0.675. The first-order valence-corrected chi connectivity index (χ1v) is 7.92. The van der Waals surface area contributed by atoms with Gasteiger partial charge >= 0.3 is 5.97 Å². The highest BCUT2D eigenvalue weighted by Crippen LogP contribution is 2.26. The first-order chi connectivity index (χ1) is 12.2. The Morgan fingerprint density at radius 3 is 2.72 bits per heavy atom. The van der Waals surface area contributed by atoms with Crippen LogP contribution in [-0.2, 0) is 4.79 Å². The molecule has 3 aromatic rings. The lowest BCUT2D eigenvalue weighted by Crippen LogP contribution is -2.22. The lowest BCUT2D eigenvalue weighted by Gasteiger charge is -2.23. The number of carboxylic acids is 1. The van der Waals surface area contributed by atoms with E-state index in [9.17, 15) is 9.90 Å². The molecule has 0 bridgehead atoms. The summed E-state index contributed by atoms with van der Waals surface area (Å²) in [4.78, 5) is 17.3. The minimum absolute atomic E-state index is 0.0241. The number of pyridine rings is 1. The number of benzene rings is 2. The fourth-order valence-electron chi connectivity index (χ4n) is 2.65. The van der Waals surface area contributed by atoms with Crippen molar-refractivity contribution in [1.82, 2.24) is 4.98 Å². The molecule has 126 valence electrons. The summed E-state index contributed by atoms with van der Waals surface area (Å²) in [6.07, 6.45) is 2.64. The van der Waals surface area contributed by atoms with Crippen LogP contribution in [0.5, 0.6) is 0 Å². The Bertz CT molecular complexity index is 921. The molecule has 5 nitrogen and oxygen atoms in total. The van der Waals surface area contributed by atoms with E-state index < -0.39 is 5.97 Å². The summed E-state index contributed by atoms with van der Waals surface area (Å²) in [6, 6.07) is 19.2. The van der Waals surface area contributed by atoms with Crippen LogP contribution >= 0.6 is 0 Å². The Labute approximate surface area is 145 Å². The molecule has 5 heteroatoms. The monoisotopic (exact) mass is 334 g/mol. The molecule has 0 aliphatic rings. The van der Waals surface area contributed by atoms with Crippen molar-refractivity contribution in [2.24, 2.45) is 0 Å². The van der Waals surface area contributed by atoms with Gasteiger partial charge in [-0.25, -0.2) is 9.78 Å². The molecule has 0 amide bonds. The summed E-state index contributed by atoms with van der Waals surface area (Å²) in [5.41, 5.74) is 2.48. The predicted molar refractivity (Wildman–Crippen MR) is 98.9 cm³/mol. The number of para-hydroxylation sites is 1. The topological polar surface area (TPSA) is 73.7 Å². The van der Waals surface area contributed by atoms with Gasteiger partial charge < -0.3 is 15.1 Å². The van der Waals surface area contributed by atoms with E-state index in [1.807, 2.05) is 65.6 Å². The van der Waals surface area contributed by atoms with Crippen LogP contribution in [-0.4, -0.2) is 34.3 Å². The van der Waals surface area contributed by atoms with E-state index in [1.165, 1.54) is 6.08 Å². The second kappa shape index (κ2) is 7.59. The van der Waals surface area contributed by atoms with Crippen LogP contribution in [0, 0.1) is 0 Å². The van der Waals surface area contributed by atoms with Gasteiger partial charge in [0.25, 0.3) is 0 Å². The van der Waals surface area contributed by atoms with E-state index in [4.69, 9.17) is 5.11 Å². The maximum Gasteiger partial charge on any atom is 0.328 e. The first-order valence-electron chi connectivity index (χ1n) is 7.92. The van der Waals surface area contributed by atoms with Crippen molar-refractivity contribution in [1.29, 1.82) is 0 Å². The maximum absolute atomic E-state index is 10.7. The van der Waals surface area contributed by atoms with Gasteiger partial charge in [0.05, 0.1) is 12.1 Å². The number of aromatic nitrogens is 1. The minimum atomic E-state index is -0.992. The summed E-state index contributed by atoms with van der Waals surface area (Å²) in [6.45, 7) is 0.362. The van der Waals surface area contributed by atoms with Crippen LogP contribution < -0.4 is 4.90 Å². The van der Waals surface area contributed by atoms with Crippen LogP contribution in [0.25, 0.3) is 17.0 Å². The molecule has 0 fully saturated rings. The number of nitrogens with zero attached hydrogens (tertiary/aromatic N) is 2. The molecule has 0 aliphatic carbocycles. The van der Waals surface area contributed by atoms with Crippen LogP contribution in [0.4, 0.5) is 11.5 Å². The van der Waals surface area contributed by atoms with Crippen LogP contribution in [0.1, 0.15) is 5.56 Å². The number of carbonyl (C=O) groups is 1. The molecule has 2 N–H and O–H groups in total. The molecule has 2 aromatic carbocycles. The lowest BCUT2D eigenvalue weighted by molar-refractivity contribution is -0.131. The Hall–Kier alpha value is -3.18. The summed E-state index contributed by atoms with van der Waals surface area (Å²) < 4.78 is 0. The number of fused-ring (bicyclic) bond motifs is 1. The molecule has 0 saturated heterocycles. The zero-order chi connectivity index (χ0) is 17.6. The molecule has 1 heterocycles. The molecule has 3 rings (SSSR count). The maximum atomic E-state index is 10.7. The Morgan fingerprint density at radius 2 is 1.92 bits per heavy atom. The molecule has 0 spiro atoms. The number of hydrogen-bond donors (Lipinski definition) is 2. The third-order valence-corrected chi connectivity index (χ3v) is 3.78. The number of aliphatic hydroxyl groups is 1. The smallest absolute Gasteiger partial charge is 0.328 e. The standard InChI is InChI=1S/C20H18N2O3/c23-13-12-22(17-6-3-4-15(14-17)8-11-20(24)25)19-10-9-16-5-1-2-7-18(16)21-19/h1-11,14,23H,12-13H2,(H,24,25)/b11-8+. The van der Waals surface area contributed by atoms with E-state index in [0.717, 1.165) is 34.0 Å². The van der Waals surface area contributed by atoms with Crippen LogP contribution in [0.3, 0.4) is 0 Å². The molecule has 25 heavy (non-hydrogen) atoms. The highest BCUT2D eigenvalue weighted by molar-refractivity contribution is 5.85. The van der Waals surface area contributed by atoms with Gasteiger partial charge in [-0.15, -0.1) is 0 Å². The summed E-state index contributed by atoms with van der Waals surface area (Å²) >= 11 is 0. The van der Waals surface area contributed by atoms with Crippen molar-refractivity contribution in [3.05, 3.63) is 72.3 Å². The largest absolute Gasteiger partial charge is 0.478 e. The van der Waals surface area contributed by atoms with Gasteiger partial charge in [0.1, 0.15) is 5.82 Å². The highest BCUT2D eigenvalue weighted by Gasteiger charge is 2.11. The second-order valence-corrected chi connectivity index (χ2v) is 5.50. The molecule has 0 saturated carbocycles. The third-order valence-electron chi connectivity index (χ3n) is 3.78. The second-order valence-electron chi connectivity index (χ2n) is 5.50. The Morgan fingerprint density at radius 1 is 1.08 bits per heavy atom. The van der Waals surface area contributed by atoms with E-state index in [2.05, 4.69) is 4.98 Å². The molecular formula is C20H18N2O3. The van der Waals surface area contributed by atoms with Crippen LogP contribution in [0.15, 0.2) is 66.7 Å². The van der Waals surface area contributed by atoms with Crippen LogP contribution in [0.2, 0.25) is 0 Å². The van der Waals surface area contributed by atoms with Gasteiger partial charge in [-0.3, -0.25) is 0 Å². The number of aliphatic hydroxyl groups excluding tert-OH is 1. The zero-order valence-electron chi connectivity index (χ0n) is 13.5. The number of rotatable bonds is 6. The van der Waals surface area contributed by atoms with Gasteiger partial charge in [0, 0.05) is 23.7 Å². The number of aliphatic carboxylic acids is 1. The SMILES string of the molecule is O=C(O)/C=C/c1cccc(N(CCO)c2ccc3ccccc3n2)c1. The van der Waals surface area contributed by atoms with Crippen molar-refractivity contribution in [3.8, 4) is 0 Å². The number of hydrogen-bond acceptors (Lipinski definition) is 4. The number of anilines is 2. The van der Waals surface area contributed by atoms with Gasteiger partial charge in [-0.1, -0.05) is 30.3 Å². The van der Waals surface area contributed by atoms with Crippen molar-refractivity contribution in [2.75, 3.05) is 18.1 Å². The molecule has 0 aliphatic heterocycles. The fourth-order valence-corrected chi connectivity index (χ4v) is 2.65. The van der Waals surface area contributed by atoms with Crippen molar-refractivity contribution in [3.63, 3.8) is 0 Å². The van der Waals surface area contributed by atoms with Crippen molar-refractivity contribution < 1.29 is 15.0 Å². The third kappa shape index (κ3) is 4.02. The van der Waals surface area contributed by atoms with Gasteiger partial charge in [0.15, 0.2) is 0 Å². The summed E-state index contributed by atoms with van der Waals surface area (Å²) in [7, 11) is 0. The normalized spacial score (nSPS) is 11.1. The van der Waals surface area contributed by atoms with Gasteiger partial charge in [0.2, 0.25) is 0 Å². The molecule has 1 aromatic heterocycles. The van der Waals surface area contributed by atoms with E-state index in [-0.39, 0.29) is 6.61 Å². The van der Waals surface area contributed by atoms with E-state index in [1.54, 1.807) is 0 Å². The molecule has 0 radical (unpaired) electrons. The molecular weight excluding hydrogens is 316 g/mol. The van der Waals surface area contributed by atoms with Crippen molar-refractivity contribution in [2.45, 2.75) is 0 Å². The zero-order valence-corrected chi connectivity index (χ0v) is 13.5. The average Bonchev–Trinajstić information content (AvgIpc) is 2.64. The Balaban J connectivity index is 1.99. The van der Waals surface area contributed by atoms with Crippen molar-refractivity contribution >= 4 is 34.5 Å². The molecule has 0 atom stereocenters. The van der Waals surface area contributed by atoms with E-state index >= 15 is 0 Å². The number of carboxylic acid groups (broad SMARTS) is 1. The Kier molecular flexibility index (Phi) is 5.06. The predicted octanol–water partition coefficient (Wildman–Crippen LogP) is 3.46. The summed E-state index contributed by atoms with van der Waals surface area (Å²) in [5, 5.41) is 19.3. The highest BCUT2D eigenvalue weighted by atomic mass is 16.4. The van der Waals surface area contributed by atoms with E-state index in [0.29, 0.717) is 6.54 Å². The molecule has 0 unspecified atom stereocenters. The summed E-state index contributed by atoms with van der Waals surface area (Å²) in [5.74, 6) is -0.263.